The smallest absolute Gasteiger partial charge is 0.309 e. The van der Waals surface area contributed by atoms with E-state index in [1.54, 1.807) is 0 Å². The van der Waals surface area contributed by atoms with Crippen LogP contribution in [-0.4, -0.2) is 23.7 Å². The maximum Gasteiger partial charge on any atom is 0.309 e. The van der Waals surface area contributed by atoms with Gasteiger partial charge in [-0.05, 0) is 38.5 Å². The first-order chi connectivity index (χ1) is 17.1. The zero-order valence-corrected chi connectivity index (χ0v) is 23.4. The van der Waals surface area contributed by atoms with Crippen LogP contribution < -0.4 is 0 Å². The first-order valence-electron chi connectivity index (χ1n) is 15.1. The molecule has 0 saturated heterocycles. The van der Waals surface area contributed by atoms with E-state index in [-0.39, 0.29) is 12.4 Å². The minimum absolute atomic E-state index is 0.113. The summed E-state index contributed by atoms with van der Waals surface area (Å²) in [5, 5.41) is 9.03. The van der Waals surface area contributed by atoms with Crippen LogP contribution >= 0.6 is 0 Å². The van der Waals surface area contributed by atoms with Crippen molar-refractivity contribution in [1.82, 2.24) is 0 Å². The molecular weight excluding hydrogens is 436 g/mol. The summed E-state index contributed by atoms with van der Waals surface area (Å²) < 4.78 is 5.15. The summed E-state index contributed by atoms with van der Waals surface area (Å²) in [6, 6.07) is 0. The molecule has 0 aromatic rings. The summed E-state index contributed by atoms with van der Waals surface area (Å²) in [7, 11) is 0. The lowest BCUT2D eigenvalue weighted by Gasteiger charge is -2.13. The minimum atomic E-state index is -0.918. The summed E-state index contributed by atoms with van der Waals surface area (Å²) >= 11 is 0. The molecule has 0 amide bonds. The van der Waals surface area contributed by atoms with Crippen molar-refractivity contribution < 1.29 is 19.4 Å². The molecule has 0 heterocycles. The van der Waals surface area contributed by atoms with Crippen molar-refractivity contribution in [1.29, 1.82) is 0 Å². The first kappa shape index (κ1) is 33.7. The van der Waals surface area contributed by atoms with Gasteiger partial charge in [0.25, 0.3) is 0 Å². The van der Waals surface area contributed by atoms with Crippen LogP contribution in [0.4, 0.5) is 0 Å². The van der Waals surface area contributed by atoms with Gasteiger partial charge in [0.1, 0.15) is 0 Å². The zero-order chi connectivity index (χ0) is 25.8. The van der Waals surface area contributed by atoms with E-state index in [9.17, 15) is 9.59 Å². The molecule has 0 spiro atoms. The lowest BCUT2D eigenvalue weighted by molar-refractivity contribution is -0.153. The summed E-state index contributed by atoms with van der Waals surface area (Å²) in [6.07, 6.45) is 32.1. The predicted molar refractivity (Wildman–Crippen MR) is 149 cm³/mol. The van der Waals surface area contributed by atoms with E-state index in [0.717, 1.165) is 19.3 Å². The van der Waals surface area contributed by atoms with Crippen LogP contribution in [0.25, 0.3) is 0 Å². The van der Waals surface area contributed by atoms with Gasteiger partial charge < -0.3 is 9.84 Å². The number of aliphatic carboxylic acids is 1. The molecule has 0 rings (SSSR count). The maximum atomic E-state index is 12.0. The van der Waals surface area contributed by atoms with Gasteiger partial charge in [0, 0.05) is 0 Å². The fourth-order valence-electron chi connectivity index (χ4n) is 4.53. The van der Waals surface area contributed by atoms with E-state index in [4.69, 9.17) is 9.84 Å². The van der Waals surface area contributed by atoms with Crippen molar-refractivity contribution in [2.24, 2.45) is 5.92 Å². The summed E-state index contributed by atoms with van der Waals surface area (Å²) in [6.45, 7) is 4.60. The van der Waals surface area contributed by atoms with Crippen LogP contribution in [0.3, 0.4) is 0 Å². The van der Waals surface area contributed by atoms with Gasteiger partial charge in [-0.2, -0.15) is 0 Å². The molecule has 1 atom stereocenters. The highest BCUT2D eigenvalue weighted by Gasteiger charge is 2.22. The van der Waals surface area contributed by atoms with Gasteiger partial charge in [-0.15, -0.1) is 0 Å². The van der Waals surface area contributed by atoms with Crippen molar-refractivity contribution in [2.45, 2.75) is 162 Å². The number of allylic oxidation sites excluding steroid dienone is 2. The first-order valence-corrected chi connectivity index (χ1v) is 15.1. The number of rotatable bonds is 27. The molecule has 0 aromatic heterocycles. The number of unbranched alkanes of at least 4 members (excludes halogenated alkanes) is 18. The average molecular weight is 495 g/mol. The molecule has 0 fully saturated rings. The lowest BCUT2D eigenvalue weighted by atomic mass is 9.97. The van der Waals surface area contributed by atoms with Crippen LogP contribution in [0.1, 0.15) is 162 Å². The van der Waals surface area contributed by atoms with Gasteiger partial charge in [-0.3, -0.25) is 9.59 Å². The largest absolute Gasteiger partial charge is 0.481 e. The zero-order valence-electron chi connectivity index (χ0n) is 23.4. The van der Waals surface area contributed by atoms with Gasteiger partial charge >= 0.3 is 11.9 Å². The van der Waals surface area contributed by atoms with Crippen LogP contribution in [0.5, 0.6) is 0 Å². The third-order valence-corrected chi connectivity index (χ3v) is 6.77. The van der Waals surface area contributed by atoms with E-state index in [0.29, 0.717) is 13.0 Å². The van der Waals surface area contributed by atoms with Crippen LogP contribution in [0, 0.1) is 5.92 Å². The lowest BCUT2D eigenvalue weighted by Crippen LogP contribution is -2.21. The van der Waals surface area contributed by atoms with E-state index in [1.807, 2.05) is 6.92 Å². The van der Waals surface area contributed by atoms with Crippen LogP contribution in [-0.2, 0) is 14.3 Å². The highest BCUT2D eigenvalue weighted by atomic mass is 16.5. The summed E-state index contributed by atoms with van der Waals surface area (Å²) in [5.41, 5.74) is 0. The summed E-state index contributed by atoms with van der Waals surface area (Å²) in [5.74, 6) is -1.74. The second kappa shape index (κ2) is 27.3. The van der Waals surface area contributed by atoms with Crippen molar-refractivity contribution in [2.75, 3.05) is 6.61 Å². The van der Waals surface area contributed by atoms with E-state index < -0.39 is 11.9 Å². The van der Waals surface area contributed by atoms with E-state index >= 15 is 0 Å². The Morgan fingerprint density at radius 3 is 1.49 bits per heavy atom. The van der Waals surface area contributed by atoms with Gasteiger partial charge in [-0.1, -0.05) is 129 Å². The molecule has 206 valence electrons. The van der Waals surface area contributed by atoms with Gasteiger partial charge in [-0.25, -0.2) is 0 Å². The molecule has 0 radical (unpaired) electrons. The molecule has 0 aliphatic heterocycles. The number of ether oxygens (including phenoxy) is 1. The highest BCUT2D eigenvalue weighted by molar-refractivity contribution is 5.79. The van der Waals surface area contributed by atoms with Crippen molar-refractivity contribution >= 4 is 11.9 Å². The molecular formula is C31H58O4. The predicted octanol–water partition coefficient (Wildman–Crippen LogP) is 9.80. The second-order valence-electron chi connectivity index (χ2n) is 10.3. The van der Waals surface area contributed by atoms with Gasteiger partial charge in [0.2, 0.25) is 0 Å². The molecule has 0 aliphatic carbocycles. The Hall–Kier alpha value is -1.32. The Labute approximate surface area is 217 Å². The van der Waals surface area contributed by atoms with Crippen molar-refractivity contribution in [3.63, 3.8) is 0 Å². The SMILES string of the molecule is CCCCCCCC/C=C/CCCCCCCCCCCCCCC(CC(=O)O)C(=O)OCCC. The maximum absolute atomic E-state index is 12.0. The quantitative estimate of drug-likeness (QED) is 0.0701. The number of carbonyl (C=O) groups excluding carboxylic acids is 1. The number of carboxylic acids is 1. The molecule has 1 N–H and O–H groups in total. The Morgan fingerprint density at radius 2 is 1.06 bits per heavy atom. The van der Waals surface area contributed by atoms with Gasteiger partial charge in [0.05, 0.1) is 18.9 Å². The normalized spacial score (nSPS) is 12.3. The Kier molecular flexibility index (Phi) is 26.2. The van der Waals surface area contributed by atoms with Crippen molar-refractivity contribution in [3.05, 3.63) is 12.2 Å². The Balaban J connectivity index is 3.41. The third-order valence-electron chi connectivity index (χ3n) is 6.77. The number of hydrogen-bond acceptors (Lipinski definition) is 3. The standard InChI is InChI=1S/C31H58O4/c1-3-5-6-7-8-9-10-11-12-13-14-15-16-17-18-19-20-21-22-23-24-25-26-29(28-30(32)33)31(34)35-27-4-2/h11-12,29H,3-10,13-28H2,1-2H3,(H,32,33)/b12-11+. The van der Waals surface area contributed by atoms with Crippen LogP contribution in [0.2, 0.25) is 0 Å². The fraction of sp³-hybridized carbons (Fsp3) is 0.871. The molecule has 0 aromatic carbocycles. The highest BCUT2D eigenvalue weighted by Crippen LogP contribution is 2.18. The van der Waals surface area contributed by atoms with E-state index in [1.165, 1.54) is 116 Å². The number of esters is 1. The molecule has 4 nitrogen and oxygen atoms in total. The number of carbonyl (C=O) groups is 2. The topological polar surface area (TPSA) is 63.6 Å². The molecule has 4 heteroatoms. The molecule has 0 aliphatic rings. The molecule has 35 heavy (non-hydrogen) atoms. The number of carboxylic acid groups (broad SMARTS) is 1. The second-order valence-corrected chi connectivity index (χ2v) is 10.3. The Bertz CT molecular complexity index is 500. The summed E-state index contributed by atoms with van der Waals surface area (Å²) in [4.78, 5) is 23.0. The Morgan fingerprint density at radius 1 is 0.629 bits per heavy atom. The third kappa shape index (κ3) is 25.6. The fourth-order valence-corrected chi connectivity index (χ4v) is 4.53. The minimum Gasteiger partial charge on any atom is -0.481 e. The van der Waals surface area contributed by atoms with Crippen molar-refractivity contribution in [3.8, 4) is 0 Å². The number of hydrogen-bond donors (Lipinski definition) is 1. The van der Waals surface area contributed by atoms with Gasteiger partial charge in [0.15, 0.2) is 0 Å². The van der Waals surface area contributed by atoms with Crippen LogP contribution in [0.15, 0.2) is 12.2 Å². The molecule has 0 bridgehead atoms. The van der Waals surface area contributed by atoms with E-state index in [2.05, 4.69) is 19.1 Å². The monoisotopic (exact) mass is 494 g/mol. The average Bonchev–Trinajstić information content (AvgIpc) is 2.84. The molecule has 0 saturated carbocycles. The molecule has 1 unspecified atom stereocenters.